The van der Waals surface area contributed by atoms with Crippen molar-refractivity contribution >= 4 is 21.7 Å². The Balaban J connectivity index is 1.99. The third kappa shape index (κ3) is 3.12. The Morgan fingerprint density at radius 3 is 2.64 bits per heavy atom. The van der Waals surface area contributed by atoms with E-state index in [4.69, 9.17) is 9.47 Å². The monoisotopic (exact) mass is 367 g/mol. The van der Waals surface area contributed by atoms with Crippen molar-refractivity contribution in [1.29, 1.82) is 0 Å². The highest BCUT2D eigenvalue weighted by Gasteiger charge is 2.26. The lowest BCUT2D eigenvalue weighted by atomic mass is 10.3. The Morgan fingerprint density at radius 1 is 1.28 bits per heavy atom. The van der Waals surface area contributed by atoms with E-state index in [1.807, 2.05) is 0 Å². The topological polar surface area (TPSA) is 109 Å². The lowest BCUT2D eigenvalue weighted by Gasteiger charge is -2.19. The number of ether oxygens (including phenoxy) is 3. The van der Waals surface area contributed by atoms with Gasteiger partial charge in [0.05, 0.1) is 17.7 Å². The van der Waals surface area contributed by atoms with Crippen LogP contribution in [0, 0.1) is 6.92 Å². The van der Waals surface area contributed by atoms with Crippen LogP contribution in [0.5, 0.6) is 11.5 Å². The Morgan fingerprint density at radius 2 is 1.96 bits per heavy atom. The maximum Gasteiger partial charge on any atom is 0.360 e. The SMILES string of the molecule is COC(=O)c1nn(C)c(C)c1NS(=O)(=O)c1ccc2c(c1)OCCO2. The molecule has 1 aromatic carbocycles. The summed E-state index contributed by atoms with van der Waals surface area (Å²) >= 11 is 0. The third-order valence-corrected chi connectivity index (χ3v) is 5.12. The number of carbonyl (C=O) groups is 1. The predicted molar refractivity (Wildman–Crippen MR) is 87.5 cm³/mol. The standard InChI is InChI=1S/C15H17N3O6S/c1-9-13(14(15(19)22-3)16-18(9)2)17-25(20,21)10-4-5-11-12(8-10)24-7-6-23-11/h4-5,8,17H,6-7H2,1-3H3. The molecule has 9 nitrogen and oxygen atoms in total. The molecule has 25 heavy (non-hydrogen) atoms. The van der Waals surface area contributed by atoms with E-state index >= 15 is 0 Å². The van der Waals surface area contributed by atoms with Gasteiger partial charge in [-0.25, -0.2) is 13.2 Å². The van der Waals surface area contributed by atoms with Crippen LogP contribution in [0.2, 0.25) is 0 Å². The average Bonchev–Trinajstić information content (AvgIpc) is 2.88. The molecule has 1 N–H and O–H groups in total. The van der Waals surface area contributed by atoms with Gasteiger partial charge in [-0.15, -0.1) is 0 Å². The van der Waals surface area contributed by atoms with Gasteiger partial charge in [0.15, 0.2) is 17.2 Å². The number of nitrogens with zero attached hydrogens (tertiary/aromatic N) is 2. The summed E-state index contributed by atoms with van der Waals surface area (Å²) in [5, 5.41) is 4.00. The van der Waals surface area contributed by atoms with Gasteiger partial charge >= 0.3 is 5.97 Å². The number of fused-ring (bicyclic) bond motifs is 1. The first-order valence-electron chi connectivity index (χ1n) is 7.38. The fourth-order valence-electron chi connectivity index (χ4n) is 2.35. The molecule has 0 saturated carbocycles. The smallest absolute Gasteiger partial charge is 0.360 e. The van der Waals surface area contributed by atoms with Crippen LogP contribution in [0.25, 0.3) is 0 Å². The highest BCUT2D eigenvalue weighted by molar-refractivity contribution is 7.92. The number of hydrogen-bond donors (Lipinski definition) is 1. The first-order valence-corrected chi connectivity index (χ1v) is 8.86. The number of carbonyl (C=O) groups excluding carboxylic acids is 1. The zero-order valence-corrected chi connectivity index (χ0v) is 14.7. The van der Waals surface area contributed by atoms with E-state index in [0.717, 1.165) is 0 Å². The number of anilines is 1. The molecule has 0 unspecified atom stereocenters. The van der Waals surface area contributed by atoms with E-state index in [-0.39, 0.29) is 16.3 Å². The number of nitrogens with one attached hydrogen (secondary N) is 1. The van der Waals surface area contributed by atoms with Gasteiger partial charge in [0.25, 0.3) is 10.0 Å². The third-order valence-electron chi connectivity index (χ3n) is 3.77. The zero-order chi connectivity index (χ0) is 18.2. The molecule has 3 rings (SSSR count). The molecule has 0 aliphatic carbocycles. The molecule has 1 aliphatic heterocycles. The Bertz CT molecular complexity index is 935. The normalized spacial score (nSPS) is 13.4. The average molecular weight is 367 g/mol. The van der Waals surface area contributed by atoms with E-state index in [2.05, 4.69) is 14.6 Å². The second kappa shape index (κ2) is 6.28. The van der Waals surface area contributed by atoms with Gasteiger partial charge in [-0.1, -0.05) is 0 Å². The van der Waals surface area contributed by atoms with Crippen molar-refractivity contribution in [3.05, 3.63) is 29.6 Å². The van der Waals surface area contributed by atoms with Crippen molar-refractivity contribution in [2.24, 2.45) is 7.05 Å². The molecule has 0 bridgehead atoms. The molecule has 1 aliphatic rings. The van der Waals surface area contributed by atoms with Crippen molar-refractivity contribution in [2.45, 2.75) is 11.8 Å². The van der Waals surface area contributed by atoms with Gasteiger partial charge in [0, 0.05) is 13.1 Å². The molecule has 0 spiro atoms. The van der Waals surface area contributed by atoms with Gasteiger partial charge in [0.2, 0.25) is 0 Å². The number of hydrogen-bond acceptors (Lipinski definition) is 7. The quantitative estimate of drug-likeness (QED) is 0.806. The summed E-state index contributed by atoms with van der Waals surface area (Å²) < 4.78 is 44.7. The summed E-state index contributed by atoms with van der Waals surface area (Å²) in [5.41, 5.74) is 0.439. The fraction of sp³-hybridized carbons (Fsp3) is 0.333. The minimum absolute atomic E-state index is 0.0178. The molecular formula is C15H17N3O6S. The summed E-state index contributed by atoms with van der Waals surface area (Å²) in [6, 6.07) is 4.31. The van der Waals surface area contributed by atoms with Crippen LogP contribution in [0.4, 0.5) is 5.69 Å². The number of sulfonamides is 1. The summed E-state index contributed by atoms with van der Waals surface area (Å²) in [6.45, 7) is 2.40. The fourth-order valence-corrected chi connectivity index (χ4v) is 3.49. The van der Waals surface area contributed by atoms with Crippen LogP contribution in [-0.4, -0.2) is 44.5 Å². The van der Waals surface area contributed by atoms with E-state index in [1.165, 1.54) is 30.0 Å². The maximum atomic E-state index is 12.7. The van der Waals surface area contributed by atoms with Crippen LogP contribution in [0.3, 0.4) is 0 Å². The van der Waals surface area contributed by atoms with Crippen molar-refractivity contribution in [3.8, 4) is 11.5 Å². The van der Waals surface area contributed by atoms with E-state index in [1.54, 1.807) is 14.0 Å². The molecule has 0 amide bonds. The van der Waals surface area contributed by atoms with Crippen LogP contribution in [-0.2, 0) is 21.8 Å². The molecule has 0 radical (unpaired) electrons. The second-order valence-corrected chi connectivity index (χ2v) is 7.02. The maximum absolute atomic E-state index is 12.7. The van der Waals surface area contributed by atoms with E-state index in [0.29, 0.717) is 30.4 Å². The largest absolute Gasteiger partial charge is 0.486 e. The van der Waals surface area contributed by atoms with Gasteiger partial charge < -0.3 is 14.2 Å². The minimum atomic E-state index is -3.97. The number of aryl methyl sites for hydroxylation is 1. The van der Waals surface area contributed by atoms with E-state index < -0.39 is 16.0 Å². The second-order valence-electron chi connectivity index (χ2n) is 5.34. The molecule has 2 heterocycles. The highest BCUT2D eigenvalue weighted by atomic mass is 32.2. The summed E-state index contributed by atoms with van der Waals surface area (Å²) in [6.07, 6.45) is 0. The van der Waals surface area contributed by atoms with Crippen LogP contribution >= 0.6 is 0 Å². The van der Waals surface area contributed by atoms with Crippen LogP contribution in [0.1, 0.15) is 16.2 Å². The summed E-state index contributed by atoms with van der Waals surface area (Å²) in [7, 11) is -1.17. The van der Waals surface area contributed by atoms with Gasteiger partial charge in [-0.3, -0.25) is 9.40 Å². The lowest BCUT2D eigenvalue weighted by molar-refractivity contribution is 0.0594. The summed E-state index contributed by atoms with van der Waals surface area (Å²) in [5.74, 6) is 0.104. The first-order chi connectivity index (χ1) is 11.8. The number of methoxy groups -OCH3 is 1. The highest BCUT2D eigenvalue weighted by Crippen LogP contribution is 2.33. The van der Waals surface area contributed by atoms with Gasteiger partial charge in [-0.2, -0.15) is 5.10 Å². The molecule has 10 heteroatoms. The van der Waals surface area contributed by atoms with Crippen LogP contribution < -0.4 is 14.2 Å². The molecule has 1 aromatic heterocycles. The minimum Gasteiger partial charge on any atom is -0.486 e. The summed E-state index contributed by atoms with van der Waals surface area (Å²) in [4.78, 5) is 11.8. The van der Waals surface area contributed by atoms with Crippen molar-refractivity contribution in [3.63, 3.8) is 0 Å². The molecule has 0 fully saturated rings. The van der Waals surface area contributed by atoms with Crippen molar-refractivity contribution in [2.75, 3.05) is 25.0 Å². The number of aromatic nitrogens is 2. The van der Waals surface area contributed by atoms with Crippen LogP contribution in [0.15, 0.2) is 23.1 Å². The molecule has 134 valence electrons. The van der Waals surface area contributed by atoms with E-state index in [9.17, 15) is 13.2 Å². The zero-order valence-electron chi connectivity index (χ0n) is 13.9. The first kappa shape index (κ1) is 17.1. The Hall–Kier alpha value is -2.75. The molecule has 0 atom stereocenters. The number of esters is 1. The Kier molecular flexibility index (Phi) is 4.29. The predicted octanol–water partition coefficient (Wildman–Crippen LogP) is 1.09. The van der Waals surface area contributed by atoms with Gasteiger partial charge in [-0.05, 0) is 19.1 Å². The molecular weight excluding hydrogens is 350 g/mol. The molecule has 0 saturated heterocycles. The Labute approximate surface area is 144 Å². The number of rotatable bonds is 4. The number of benzene rings is 1. The molecule has 2 aromatic rings. The van der Waals surface area contributed by atoms with Gasteiger partial charge in [0.1, 0.15) is 18.9 Å². The lowest BCUT2D eigenvalue weighted by Crippen LogP contribution is -2.18. The van der Waals surface area contributed by atoms with Crippen molar-refractivity contribution < 1.29 is 27.4 Å². The van der Waals surface area contributed by atoms with Crippen molar-refractivity contribution in [1.82, 2.24) is 9.78 Å².